The van der Waals surface area contributed by atoms with E-state index in [-0.39, 0.29) is 0 Å². The Hall–Kier alpha value is -2.76. The number of aryl methyl sites for hydroxylation is 2. The van der Waals surface area contributed by atoms with E-state index in [1.165, 1.54) is 0 Å². The lowest BCUT2D eigenvalue weighted by Crippen LogP contribution is -1.94. The maximum absolute atomic E-state index is 6.06. The Balaban J connectivity index is 2.24. The number of hydrogen-bond donors (Lipinski definition) is 2. The molecular formula is C15H17N5O. The van der Waals surface area contributed by atoms with Crippen molar-refractivity contribution in [1.82, 2.24) is 20.0 Å². The largest absolute Gasteiger partial charge is 0.496 e. The van der Waals surface area contributed by atoms with Crippen LogP contribution in [0.25, 0.3) is 22.5 Å². The molecule has 0 bridgehead atoms. The predicted molar refractivity (Wildman–Crippen MR) is 81.9 cm³/mol. The minimum absolute atomic E-state index is 0.430. The van der Waals surface area contributed by atoms with Gasteiger partial charge in [-0.2, -0.15) is 10.2 Å². The molecular weight excluding hydrogens is 266 g/mol. The molecule has 0 spiro atoms. The van der Waals surface area contributed by atoms with Crippen LogP contribution >= 0.6 is 0 Å². The first kappa shape index (κ1) is 13.2. The number of nitrogens with one attached hydrogen (secondary N) is 1. The van der Waals surface area contributed by atoms with E-state index in [4.69, 9.17) is 10.5 Å². The molecule has 0 fully saturated rings. The van der Waals surface area contributed by atoms with Gasteiger partial charge in [-0.1, -0.05) is 11.6 Å². The highest BCUT2D eigenvalue weighted by molar-refractivity contribution is 5.89. The standard InChI is InChI=1S/C15H17N5O/c1-9-4-5-12(21-3)10(8-9)13-14(17-18-15(13)16)11-6-7-20(2)19-11/h4-8H,1-3H3,(H3,16,17,18). The molecule has 0 saturated carbocycles. The second-order valence-corrected chi connectivity index (χ2v) is 4.94. The van der Waals surface area contributed by atoms with Crippen LogP contribution in [0.1, 0.15) is 5.56 Å². The summed E-state index contributed by atoms with van der Waals surface area (Å²) < 4.78 is 7.19. The molecule has 0 unspecified atom stereocenters. The van der Waals surface area contributed by atoms with Crippen LogP contribution in [0.3, 0.4) is 0 Å². The molecule has 0 aliphatic heterocycles. The van der Waals surface area contributed by atoms with Crippen LogP contribution in [-0.4, -0.2) is 27.1 Å². The SMILES string of the molecule is COc1ccc(C)cc1-c1c(N)n[nH]c1-c1ccn(C)n1. The van der Waals surface area contributed by atoms with E-state index in [1.807, 2.05) is 44.4 Å². The van der Waals surface area contributed by atoms with E-state index in [0.717, 1.165) is 33.8 Å². The molecule has 0 amide bonds. The highest BCUT2D eigenvalue weighted by Gasteiger charge is 2.19. The lowest BCUT2D eigenvalue weighted by molar-refractivity contribution is 0.416. The average molecular weight is 283 g/mol. The zero-order chi connectivity index (χ0) is 15.0. The van der Waals surface area contributed by atoms with Crippen LogP contribution in [0.2, 0.25) is 0 Å². The van der Waals surface area contributed by atoms with E-state index >= 15 is 0 Å². The molecule has 108 valence electrons. The van der Waals surface area contributed by atoms with Crippen molar-refractivity contribution in [3.8, 4) is 28.3 Å². The topological polar surface area (TPSA) is 81.8 Å². The third-order valence-electron chi connectivity index (χ3n) is 3.39. The fraction of sp³-hybridized carbons (Fsp3) is 0.200. The van der Waals surface area contributed by atoms with Gasteiger partial charge in [0.05, 0.1) is 18.4 Å². The third kappa shape index (κ3) is 2.24. The molecule has 3 aromatic rings. The number of aromatic nitrogens is 4. The van der Waals surface area contributed by atoms with Crippen molar-refractivity contribution < 1.29 is 4.74 Å². The number of ether oxygens (including phenoxy) is 1. The molecule has 0 saturated heterocycles. The van der Waals surface area contributed by atoms with Gasteiger partial charge in [0.2, 0.25) is 0 Å². The number of hydrogen-bond acceptors (Lipinski definition) is 4. The summed E-state index contributed by atoms with van der Waals surface area (Å²) in [5.41, 5.74) is 10.5. The quantitative estimate of drug-likeness (QED) is 0.773. The Labute approximate surface area is 122 Å². The van der Waals surface area contributed by atoms with Crippen LogP contribution in [0.4, 0.5) is 5.82 Å². The van der Waals surface area contributed by atoms with Gasteiger partial charge in [-0.25, -0.2) is 0 Å². The number of benzene rings is 1. The van der Waals surface area contributed by atoms with E-state index in [1.54, 1.807) is 11.8 Å². The van der Waals surface area contributed by atoms with Gasteiger partial charge < -0.3 is 10.5 Å². The first-order valence-corrected chi connectivity index (χ1v) is 6.59. The molecule has 21 heavy (non-hydrogen) atoms. The van der Waals surface area contributed by atoms with Gasteiger partial charge in [0.1, 0.15) is 11.4 Å². The second kappa shape index (κ2) is 4.97. The highest BCUT2D eigenvalue weighted by atomic mass is 16.5. The van der Waals surface area contributed by atoms with Gasteiger partial charge in [-0.15, -0.1) is 0 Å². The zero-order valence-electron chi connectivity index (χ0n) is 12.2. The minimum atomic E-state index is 0.430. The van der Waals surface area contributed by atoms with Gasteiger partial charge in [0.15, 0.2) is 5.82 Å². The summed E-state index contributed by atoms with van der Waals surface area (Å²) in [6.45, 7) is 2.03. The number of aromatic amines is 1. The van der Waals surface area contributed by atoms with Crippen LogP contribution < -0.4 is 10.5 Å². The summed E-state index contributed by atoms with van der Waals surface area (Å²) in [4.78, 5) is 0. The number of nitrogens with zero attached hydrogens (tertiary/aromatic N) is 3. The second-order valence-electron chi connectivity index (χ2n) is 4.94. The normalized spacial score (nSPS) is 10.8. The lowest BCUT2D eigenvalue weighted by atomic mass is 10.0. The van der Waals surface area contributed by atoms with Gasteiger partial charge in [0, 0.05) is 18.8 Å². The van der Waals surface area contributed by atoms with Crippen molar-refractivity contribution in [2.24, 2.45) is 7.05 Å². The molecule has 0 aliphatic carbocycles. The Kier molecular flexibility index (Phi) is 3.13. The smallest absolute Gasteiger partial charge is 0.153 e. The Morgan fingerprint density at radius 3 is 2.76 bits per heavy atom. The first-order chi connectivity index (χ1) is 10.1. The Bertz CT molecular complexity index is 787. The van der Waals surface area contributed by atoms with Gasteiger partial charge >= 0.3 is 0 Å². The number of methoxy groups -OCH3 is 1. The number of nitrogen functional groups attached to an aromatic ring is 1. The van der Waals surface area contributed by atoms with Gasteiger partial charge in [0.25, 0.3) is 0 Å². The van der Waals surface area contributed by atoms with Crippen molar-refractivity contribution in [1.29, 1.82) is 0 Å². The molecule has 6 nitrogen and oxygen atoms in total. The Morgan fingerprint density at radius 2 is 2.10 bits per heavy atom. The lowest BCUT2D eigenvalue weighted by Gasteiger charge is -2.10. The van der Waals surface area contributed by atoms with Gasteiger partial charge in [-0.3, -0.25) is 9.78 Å². The van der Waals surface area contributed by atoms with E-state index in [9.17, 15) is 0 Å². The van der Waals surface area contributed by atoms with Crippen LogP contribution in [0.15, 0.2) is 30.5 Å². The third-order valence-corrected chi connectivity index (χ3v) is 3.39. The molecule has 3 N–H and O–H groups in total. The summed E-state index contributed by atoms with van der Waals surface area (Å²) >= 11 is 0. The summed E-state index contributed by atoms with van der Waals surface area (Å²) in [6, 6.07) is 7.88. The van der Waals surface area contributed by atoms with E-state index in [0.29, 0.717) is 5.82 Å². The number of H-pyrrole nitrogens is 1. The van der Waals surface area contributed by atoms with Gasteiger partial charge in [-0.05, 0) is 25.1 Å². The molecule has 2 aromatic heterocycles. The van der Waals surface area contributed by atoms with E-state index < -0.39 is 0 Å². The van der Waals surface area contributed by atoms with E-state index in [2.05, 4.69) is 15.3 Å². The van der Waals surface area contributed by atoms with Crippen molar-refractivity contribution in [2.45, 2.75) is 6.92 Å². The fourth-order valence-corrected chi connectivity index (χ4v) is 2.38. The van der Waals surface area contributed by atoms with Crippen molar-refractivity contribution in [3.05, 3.63) is 36.0 Å². The number of rotatable bonds is 3. The maximum Gasteiger partial charge on any atom is 0.153 e. The molecule has 1 aromatic carbocycles. The highest BCUT2D eigenvalue weighted by Crippen LogP contribution is 2.39. The van der Waals surface area contributed by atoms with Crippen molar-refractivity contribution in [2.75, 3.05) is 12.8 Å². The van der Waals surface area contributed by atoms with Crippen LogP contribution in [-0.2, 0) is 7.05 Å². The fourth-order valence-electron chi connectivity index (χ4n) is 2.38. The first-order valence-electron chi connectivity index (χ1n) is 6.59. The minimum Gasteiger partial charge on any atom is -0.496 e. The predicted octanol–water partition coefficient (Wildman–Crippen LogP) is 2.38. The van der Waals surface area contributed by atoms with Crippen LogP contribution in [0, 0.1) is 6.92 Å². The monoisotopic (exact) mass is 283 g/mol. The summed E-state index contributed by atoms with van der Waals surface area (Å²) in [7, 11) is 3.51. The molecule has 3 rings (SSSR count). The Morgan fingerprint density at radius 1 is 1.29 bits per heavy atom. The molecule has 0 aliphatic rings. The maximum atomic E-state index is 6.06. The number of anilines is 1. The zero-order valence-corrected chi connectivity index (χ0v) is 12.2. The summed E-state index contributed by atoms with van der Waals surface area (Å²) in [6.07, 6.45) is 1.88. The molecule has 0 radical (unpaired) electrons. The summed E-state index contributed by atoms with van der Waals surface area (Å²) in [5.74, 6) is 1.19. The summed E-state index contributed by atoms with van der Waals surface area (Å²) in [5, 5.41) is 11.5. The average Bonchev–Trinajstić information content (AvgIpc) is 3.04. The number of nitrogens with two attached hydrogens (primary N) is 1. The molecule has 2 heterocycles. The molecule has 6 heteroatoms. The van der Waals surface area contributed by atoms with Crippen molar-refractivity contribution >= 4 is 5.82 Å². The van der Waals surface area contributed by atoms with Crippen LogP contribution in [0.5, 0.6) is 5.75 Å². The molecule has 0 atom stereocenters. The van der Waals surface area contributed by atoms with Crippen molar-refractivity contribution in [3.63, 3.8) is 0 Å².